The maximum atomic E-state index is 10.8. The van der Waals surface area contributed by atoms with Gasteiger partial charge in [-0.1, -0.05) is 19.9 Å². The van der Waals surface area contributed by atoms with Gasteiger partial charge in [0.1, 0.15) is 5.75 Å². The Morgan fingerprint density at radius 3 is 2.41 bits per heavy atom. The lowest BCUT2D eigenvalue weighted by Gasteiger charge is -2.16. The molecular formula is C12H15BrO4. The maximum absolute atomic E-state index is 10.8. The molecule has 0 heterocycles. The van der Waals surface area contributed by atoms with Crippen molar-refractivity contribution in [2.24, 2.45) is 0 Å². The summed E-state index contributed by atoms with van der Waals surface area (Å²) in [5.41, 5.74) is 1.22. The molecule has 1 unspecified atom stereocenters. The van der Waals surface area contributed by atoms with Gasteiger partial charge in [0.2, 0.25) is 0 Å². The number of aliphatic hydroxyl groups is 1. The molecule has 1 atom stereocenters. The molecule has 1 aromatic rings. The molecule has 1 rings (SSSR count). The Hall–Kier alpha value is -1.07. The minimum atomic E-state index is -1.56. The van der Waals surface area contributed by atoms with E-state index >= 15 is 0 Å². The van der Waals surface area contributed by atoms with Crippen LogP contribution >= 0.6 is 15.9 Å². The number of aliphatic hydroxyl groups excluding tert-OH is 1. The van der Waals surface area contributed by atoms with Crippen LogP contribution in [0.5, 0.6) is 5.75 Å². The summed E-state index contributed by atoms with van der Waals surface area (Å²) in [6.07, 6.45) is -1.56. The molecule has 94 valence electrons. The predicted molar refractivity (Wildman–Crippen MR) is 67.4 cm³/mol. The van der Waals surface area contributed by atoms with Crippen LogP contribution in [-0.2, 0) is 4.79 Å². The monoisotopic (exact) mass is 302 g/mol. The average molecular weight is 303 g/mol. The summed E-state index contributed by atoms with van der Waals surface area (Å²) < 4.78 is 5.63. The lowest BCUT2D eigenvalue weighted by Crippen LogP contribution is -2.12. The number of carboxylic acid groups (broad SMARTS) is 1. The quantitative estimate of drug-likeness (QED) is 0.897. The molecule has 0 bridgehead atoms. The van der Waals surface area contributed by atoms with Crippen LogP contribution in [0.1, 0.15) is 37.0 Å². The van der Waals surface area contributed by atoms with Crippen LogP contribution in [0.3, 0.4) is 0 Å². The van der Waals surface area contributed by atoms with Crippen LogP contribution in [0.4, 0.5) is 0 Å². The number of ether oxygens (including phenoxy) is 1. The van der Waals surface area contributed by atoms with E-state index in [2.05, 4.69) is 15.9 Å². The summed E-state index contributed by atoms with van der Waals surface area (Å²) in [4.78, 5) is 10.8. The number of halogens is 1. The molecule has 17 heavy (non-hydrogen) atoms. The fourth-order valence-corrected chi connectivity index (χ4v) is 2.06. The van der Waals surface area contributed by atoms with Gasteiger partial charge in [-0.25, -0.2) is 4.79 Å². The molecule has 0 spiro atoms. The smallest absolute Gasteiger partial charge is 0.337 e. The molecule has 0 fully saturated rings. The van der Waals surface area contributed by atoms with E-state index in [4.69, 9.17) is 9.84 Å². The Morgan fingerprint density at radius 1 is 1.41 bits per heavy atom. The highest BCUT2D eigenvalue weighted by molar-refractivity contribution is 9.10. The van der Waals surface area contributed by atoms with E-state index in [1.165, 1.54) is 7.11 Å². The molecule has 0 saturated heterocycles. The summed E-state index contributed by atoms with van der Waals surface area (Å²) in [5.74, 6) is -0.545. The highest BCUT2D eigenvalue weighted by Gasteiger charge is 2.22. The Morgan fingerprint density at radius 2 is 2.00 bits per heavy atom. The van der Waals surface area contributed by atoms with Gasteiger partial charge < -0.3 is 14.9 Å². The van der Waals surface area contributed by atoms with E-state index in [1.807, 2.05) is 19.9 Å². The molecule has 4 nitrogen and oxygen atoms in total. The van der Waals surface area contributed by atoms with Gasteiger partial charge in [-0.3, -0.25) is 0 Å². The van der Waals surface area contributed by atoms with Crippen LogP contribution in [0, 0.1) is 0 Å². The predicted octanol–water partition coefficient (Wildman–Crippen LogP) is 2.70. The van der Waals surface area contributed by atoms with Gasteiger partial charge in [-0.05, 0) is 33.5 Å². The topological polar surface area (TPSA) is 66.8 Å². The minimum absolute atomic E-state index is 0.219. The van der Waals surface area contributed by atoms with Gasteiger partial charge in [0, 0.05) is 5.56 Å². The number of hydrogen-bond acceptors (Lipinski definition) is 3. The third kappa shape index (κ3) is 2.98. The second-order valence-corrected chi connectivity index (χ2v) is 4.81. The summed E-state index contributed by atoms with van der Waals surface area (Å²) >= 11 is 3.25. The second-order valence-electron chi connectivity index (χ2n) is 4.02. The van der Waals surface area contributed by atoms with Crippen LogP contribution in [-0.4, -0.2) is 23.3 Å². The van der Waals surface area contributed by atoms with Crippen molar-refractivity contribution in [2.45, 2.75) is 25.9 Å². The number of carboxylic acids is 1. The van der Waals surface area contributed by atoms with E-state index in [-0.39, 0.29) is 5.92 Å². The van der Waals surface area contributed by atoms with E-state index in [0.29, 0.717) is 15.8 Å². The largest absolute Gasteiger partial charge is 0.496 e. The first kappa shape index (κ1) is 14.0. The van der Waals surface area contributed by atoms with E-state index < -0.39 is 12.1 Å². The van der Waals surface area contributed by atoms with Crippen molar-refractivity contribution in [3.05, 3.63) is 27.7 Å². The number of aliphatic carboxylic acids is 1. The van der Waals surface area contributed by atoms with E-state index in [0.717, 1.165) is 5.56 Å². The van der Waals surface area contributed by atoms with Crippen molar-refractivity contribution in [2.75, 3.05) is 7.11 Å². The van der Waals surface area contributed by atoms with E-state index in [1.54, 1.807) is 6.07 Å². The summed E-state index contributed by atoms with van der Waals surface area (Å²) in [6.45, 7) is 3.97. The average Bonchev–Trinajstić information content (AvgIpc) is 2.27. The fraction of sp³-hybridized carbons (Fsp3) is 0.417. The van der Waals surface area contributed by atoms with Crippen molar-refractivity contribution in [1.29, 1.82) is 0 Å². The number of hydrogen-bond donors (Lipinski definition) is 2. The molecule has 0 aromatic heterocycles. The molecule has 0 radical (unpaired) electrons. The third-order valence-electron chi connectivity index (χ3n) is 2.50. The highest BCUT2D eigenvalue weighted by Crippen LogP contribution is 2.36. The molecule has 2 N–H and O–H groups in total. The van der Waals surface area contributed by atoms with Crippen LogP contribution in [0.15, 0.2) is 16.6 Å². The first-order valence-corrected chi connectivity index (χ1v) is 5.96. The van der Waals surface area contributed by atoms with Gasteiger partial charge in [0.05, 0.1) is 11.6 Å². The third-order valence-corrected chi connectivity index (χ3v) is 3.35. The molecular weight excluding hydrogens is 288 g/mol. The van der Waals surface area contributed by atoms with Gasteiger partial charge in [0.25, 0.3) is 0 Å². The normalized spacial score (nSPS) is 12.6. The Bertz CT molecular complexity index is 429. The lowest BCUT2D eigenvalue weighted by atomic mass is 9.98. The first-order valence-electron chi connectivity index (χ1n) is 5.16. The highest BCUT2D eigenvalue weighted by atomic mass is 79.9. The number of methoxy groups -OCH3 is 1. The number of carbonyl (C=O) groups is 1. The standard InChI is InChI=1S/C12H15BrO4/c1-6(2)7-4-8(11(14)12(15)16)10(13)9(5-7)17-3/h4-6,11,14H,1-3H3,(H,15,16). The van der Waals surface area contributed by atoms with Gasteiger partial charge in [0.15, 0.2) is 6.10 Å². The van der Waals surface area contributed by atoms with Crippen molar-refractivity contribution < 1.29 is 19.7 Å². The van der Waals surface area contributed by atoms with Crippen LogP contribution in [0.2, 0.25) is 0 Å². The van der Waals surface area contributed by atoms with Crippen molar-refractivity contribution in [3.8, 4) is 5.75 Å². The Balaban J connectivity index is 3.37. The molecule has 0 aliphatic carbocycles. The van der Waals surface area contributed by atoms with Crippen LogP contribution < -0.4 is 4.74 Å². The molecule has 0 aliphatic rings. The van der Waals surface area contributed by atoms with Gasteiger partial charge >= 0.3 is 5.97 Å². The zero-order valence-corrected chi connectivity index (χ0v) is 11.5. The summed E-state index contributed by atoms with van der Waals surface area (Å²) in [7, 11) is 1.50. The number of benzene rings is 1. The SMILES string of the molecule is COc1cc(C(C)C)cc(C(O)C(=O)O)c1Br. The number of rotatable bonds is 4. The molecule has 0 amide bonds. The molecule has 5 heteroatoms. The second kappa shape index (κ2) is 5.51. The van der Waals surface area contributed by atoms with Gasteiger partial charge in [-0.2, -0.15) is 0 Å². The molecule has 0 saturated carbocycles. The van der Waals surface area contributed by atoms with Crippen LogP contribution in [0.25, 0.3) is 0 Å². The summed E-state index contributed by atoms with van der Waals surface area (Å²) in [6, 6.07) is 3.50. The zero-order valence-electron chi connectivity index (χ0n) is 9.90. The fourth-order valence-electron chi connectivity index (χ4n) is 1.46. The maximum Gasteiger partial charge on any atom is 0.337 e. The lowest BCUT2D eigenvalue weighted by molar-refractivity contribution is -0.147. The first-order chi connectivity index (χ1) is 7.88. The Labute approximate surface area is 108 Å². The van der Waals surface area contributed by atoms with Crippen molar-refractivity contribution in [1.82, 2.24) is 0 Å². The minimum Gasteiger partial charge on any atom is -0.496 e. The Kier molecular flexibility index (Phi) is 4.54. The molecule has 0 aliphatic heterocycles. The van der Waals surface area contributed by atoms with Crippen molar-refractivity contribution in [3.63, 3.8) is 0 Å². The van der Waals surface area contributed by atoms with Crippen molar-refractivity contribution >= 4 is 21.9 Å². The summed E-state index contributed by atoms with van der Waals surface area (Å²) in [5, 5.41) is 18.5. The van der Waals surface area contributed by atoms with Gasteiger partial charge in [-0.15, -0.1) is 0 Å². The zero-order chi connectivity index (χ0) is 13.2. The van der Waals surface area contributed by atoms with E-state index in [9.17, 15) is 9.90 Å². The molecule has 1 aromatic carbocycles.